The Bertz CT molecular complexity index is 959. The van der Waals surface area contributed by atoms with Gasteiger partial charge in [-0.3, -0.25) is 19.7 Å². The molecule has 4 amide bonds. The second-order valence-corrected chi connectivity index (χ2v) is 10.3. The Hall–Kier alpha value is -2.90. The molecule has 2 fully saturated rings. The van der Waals surface area contributed by atoms with Gasteiger partial charge in [0.15, 0.2) is 0 Å². The van der Waals surface area contributed by atoms with E-state index in [1.807, 2.05) is 32.9 Å². The third kappa shape index (κ3) is 5.20. The number of carbonyl (C=O) groups is 4. The summed E-state index contributed by atoms with van der Waals surface area (Å²) in [5.74, 6) is -0.278. The van der Waals surface area contributed by atoms with E-state index in [4.69, 9.17) is 4.74 Å². The molecular formula is C25H33N3O5. The van der Waals surface area contributed by atoms with E-state index in [9.17, 15) is 19.2 Å². The molecule has 4 rings (SSSR count). The zero-order valence-electron chi connectivity index (χ0n) is 19.7. The summed E-state index contributed by atoms with van der Waals surface area (Å²) in [5.41, 5.74) is 2.32. The molecule has 0 saturated carbocycles. The fourth-order valence-electron chi connectivity index (χ4n) is 4.97. The van der Waals surface area contributed by atoms with Gasteiger partial charge >= 0.3 is 6.09 Å². The van der Waals surface area contributed by atoms with E-state index in [0.717, 1.165) is 36.8 Å². The van der Waals surface area contributed by atoms with Crippen LogP contribution in [0.25, 0.3) is 0 Å². The van der Waals surface area contributed by atoms with Crippen LogP contribution in [-0.4, -0.2) is 58.3 Å². The standard InChI is InChI=1S/C25H33N3O5/c1-25(2,3)33-24(32)27-13-11-16(12-14-27)7-8-17-5-4-6-18-19(17)15-28(23(18)31)20-9-10-21(29)26-22(20)30/h4-6,16,20H,7-15H2,1-3H3,(H,26,29,30). The maximum absolute atomic E-state index is 13.0. The van der Waals surface area contributed by atoms with Crippen molar-refractivity contribution < 1.29 is 23.9 Å². The Kier molecular flexibility index (Phi) is 6.45. The molecule has 3 aliphatic rings. The van der Waals surface area contributed by atoms with Gasteiger partial charge in [-0.05, 0) is 76.0 Å². The van der Waals surface area contributed by atoms with E-state index in [2.05, 4.69) is 11.4 Å². The fourth-order valence-corrected chi connectivity index (χ4v) is 4.97. The largest absolute Gasteiger partial charge is 0.444 e. The van der Waals surface area contributed by atoms with Crippen molar-refractivity contribution in [2.24, 2.45) is 5.92 Å². The van der Waals surface area contributed by atoms with Crippen LogP contribution in [0.2, 0.25) is 0 Å². The summed E-state index contributed by atoms with van der Waals surface area (Å²) in [6, 6.07) is 5.21. The minimum atomic E-state index is -0.590. The number of ether oxygens (including phenoxy) is 1. The lowest BCUT2D eigenvalue weighted by Crippen LogP contribution is -2.52. The molecular weight excluding hydrogens is 422 g/mol. The first-order valence-corrected chi connectivity index (χ1v) is 11.9. The van der Waals surface area contributed by atoms with Crippen LogP contribution >= 0.6 is 0 Å². The quantitative estimate of drug-likeness (QED) is 0.704. The van der Waals surface area contributed by atoms with Crippen LogP contribution in [0.3, 0.4) is 0 Å². The van der Waals surface area contributed by atoms with Gasteiger partial charge in [0, 0.05) is 31.6 Å². The minimum Gasteiger partial charge on any atom is -0.444 e. The normalized spacial score (nSPS) is 21.8. The van der Waals surface area contributed by atoms with E-state index in [0.29, 0.717) is 37.5 Å². The number of piperidine rings is 2. The van der Waals surface area contributed by atoms with Crippen molar-refractivity contribution in [3.63, 3.8) is 0 Å². The SMILES string of the molecule is CC(C)(C)OC(=O)N1CCC(CCc2cccc3c2CN(C2CCC(=O)NC2=O)C3=O)CC1. The van der Waals surface area contributed by atoms with Crippen molar-refractivity contribution in [2.75, 3.05) is 13.1 Å². The van der Waals surface area contributed by atoms with Crippen LogP contribution in [-0.2, 0) is 27.3 Å². The zero-order chi connectivity index (χ0) is 23.8. The number of hydrogen-bond donors (Lipinski definition) is 1. The fraction of sp³-hybridized carbons (Fsp3) is 0.600. The molecule has 178 valence electrons. The van der Waals surface area contributed by atoms with Crippen LogP contribution in [0.4, 0.5) is 4.79 Å². The lowest BCUT2D eigenvalue weighted by molar-refractivity contribution is -0.136. The summed E-state index contributed by atoms with van der Waals surface area (Å²) in [5, 5.41) is 2.35. The van der Waals surface area contributed by atoms with Crippen molar-refractivity contribution in [3.8, 4) is 0 Å². The Labute approximate surface area is 194 Å². The summed E-state index contributed by atoms with van der Waals surface area (Å²) >= 11 is 0. The Morgan fingerprint density at radius 3 is 2.52 bits per heavy atom. The van der Waals surface area contributed by atoms with Gasteiger partial charge in [0.2, 0.25) is 11.8 Å². The van der Waals surface area contributed by atoms with Gasteiger partial charge in [0.1, 0.15) is 11.6 Å². The number of nitrogens with one attached hydrogen (secondary N) is 1. The van der Waals surface area contributed by atoms with E-state index in [-0.39, 0.29) is 30.2 Å². The maximum atomic E-state index is 13.0. The molecule has 3 aliphatic heterocycles. The van der Waals surface area contributed by atoms with Crippen LogP contribution in [0.1, 0.15) is 74.4 Å². The lowest BCUT2D eigenvalue weighted by Gasteiger charge is -2.33. The molecule has 2 saturated heterocycles. The van der Waals surface area contributed by atoms with Crippen LogP contribution in [0, 0.1) is 5.92 Å². The van der Waals surface area contributed by atoms with Gasteiger partial charge in [-0.1, -0.05) is 12.1 Å². The first-order chi connectivity index (χ1) is 15.6. The summed E-state index contributed by atoms with van der Waals surface area (Å²) in [4.78, 5) is 52.4. The van der Waals surface area contributed by atoms with Crippen LogP contribution < -0.4 is 5.32 Å². The Morgan fingerprint density at radius 2 is 1.85 bits per heavy atom. The van der Waals surface area contributed by atoms with Crippen LogP contribution in [0.15, 0.2) is 18.2 Å². The number of aryl methyl sites for hydroxylation is 1. The smallest absolute Gasteiger partial charge is 0.410 e. The molecule has 33 heavy (non-hydrogen) atoms. The maximum Gasteiger partial charge on any atom is 0.410 e. The molecule has 0 bridgehead atoms. The summed E-state index contributed by atoms with van der Waals surface area (Å²) in [6.07, 6.45) is 4.11. The Morgan fingerprint density at radius 1 is 1.12 bits per heavy atom. The van der Waals surface area contributed by atoms with Gasteiger partial charge in [-0.15, -0.1) is 0 Å². The average molecular weight is 456 g/mol. The van der Waals surface area contributed by atoms with Gasteiger partial charge in [0.05, 0.1) is 0 Å². The molecule has 1 atom stereocenters. The van der Waals surface area contributed by atoms with Gasteiger partial charge < -0.3 is 14.5 Å². The predicted molar refractivity (Wildman–Crippen MR) is 121 cm³/mol. The van der Waals surface area contributed by atoms with Gasteiger partial charge in [0.25, 0.3) is 5.91 Å². The lowest BCUT2D eigenvalue weighted by atomic mass is 9.89. The molecule has 1 unspecified atom stereocenters. The van der Waals surface area contributed by atoms with Crippen molar-refractivity contribution in [2.45, 2.75) is 77.5 Å². The highest BCUT2D eigenvalue weighted by Crippen LogP contribution is 2.32. The second-order valence-electron chi connectivity index (χ2n) is 10.3. The number of hydrogen-bond acceptors (Lipinski definition) is 5. The number of rotatable bonds is 4. The van der Waals surface area contributed by atoms with E-state index in [1.54, 1.807) is 9.80 Å². The molecule has 3 heterocycles. The topological polar surface area (TPSA) is 96.0 Å². The van der Waals surface area contributed by atoms with Gasteiger partial charge in [-0.2, -0.15) is 0 Å². The summed E-state index contributed by atoms with van der Waals surface area (Å²) < 4.78 is 5.48. The number of imide groups is 1. The van der Waals surface area contributed by atoms with Crippen molar-refractivity contribution >= 4 is 23.8 Å². The number of amides is 4. The Balaban J connectivity index is 1.34. The third-order valence-electron chi connectivity index (χ3n) is 6.77. The minimum absolute atomic E-state index is 0.132. The van der Waals surface area contributed by atoms with Crippen LogP contribution in [0.5, 0.6) is 0 Å². The molecule has 0 spiro atoms. The average Bonchev–Trinajstić information content (AvgIpc) is 3.08. The first kappa shape index (κ1) is 23.3. The molecule has 0 aliphatic carbocycles. The monoisotopic (exact) mass is 455 g/mol. The number of nitrogens with zero attached hydrogens (tertiary/aromatic N) is 2. The number of likely N-dealkylation sites (tertiary alicyclic amines) is 1. The first-order valence-electron chi connectivity index (χ1n) is 11.9. The van der Waals surface area contributed by atoms with Crippen molar-refractivity contribution in [1.29, 1.82) is 0 Å². The highest BCUT2D eigenvalue weighted by molar-refractivity contribution is 6.05. The molecule has 0 radical (unpaired) electrons. The predicted octanol–water partition coefficient (Wildman–Crippen LogP) is 3.03. The number of carbonyl (C=O) groups excluding carboxylic acids is 4. The third-order valence-corrected chi connectivity index (χ3v) is 6.77. The highest BCUT2D eigenvalue weighted by atomic mass is 16.6. The second kappa shape index (κ2) is 9.15. The molecule has 1 aromatic carbocycles. The van der Waals surface area contributed by atoms with E-state index >= 15 is 0 Å². The summed E-state index contributed by atoms with van der Waals surface area (Å²) in [6.45, 7) is 7.45. The molecule has 0 aromatic heterocycles. The van der Waals surface area contributed by atoms with Crippen molar-refractivity contribution in [1.82, 2.24) is 15.1 Å². The van der Waals surface area contributed by atoms with Gasteiger partial charge in [-0.25, -0.2) is 4.79 Å². The molecule has 1 N–H and O–H groups in total. The molecule has 1 aromatic rings. The molecule has 8 nitrogen and oxygen atoms in total. The summed E-state index contributed by atoms with van der Waals surface area (Å²) in [7, 11) is 0. The number of benzene rings is 1. The van der Waals surface area contributed by atoms with E-state index < -0.39 is 11.6 Å². The van der Waals surface area contributed by atoms with Crippen molar-refractivity contribution in [3.05, 3.63) is 34.9 Å². The molecule has 8 heteroatoms. The van der Waals surface area contributed by atoms with E-state index in [1.165, 1.54) is 0 Å². The number of fused-ring (bicyclic) bond motifs is 1. The highest BCUT2D eigenvalue weighted by Gasteiger charge is 2.39. The zero-order valence-corrected chi connectivity index (χ0v) is 19.7.